The van der Waals surface area contributed by atoms with Crippen molar-refractivity contribution in [3.63, 3.8) is 0 Å². The number of hydrogen-bond donors (Lipinski definition) is 1. The summed E-state index contributed by atoms with van der Waals surface area (Å²) in [5, 5.41) is 6.82. The molecule has 2 rings (SSSR count). The van der Waals surface area contributed by atoms with E-state index >= 15 is 0 Å². The Balaban J connectivity index is 2.51. The molecular formula is C7H9N3O. The molecule has 1 amide bonds. The van der Waals surface area contributed by atoms with Crippen LogP contribution in [0.1, 0.15) is 23.5 Å². The van der Waals surface area contributed by atoms with E-state index in [2.05, 4.69) is 10.4 Å². The molecule has 2 heterocycles. The summed E-state index contributed by atoms with van der Waals surface area (Å²) in [7, 11) is 0. The van der Waals surface area contributed by atoms with Crippen molar-refractivity contribution in [2.45, 2.75) is 13.0 Å². The molecular weight excluding hydrogens is 142 g/mol. The predicted octanol–water partition coefficient (Wildman–Crippen LogP) is 0.188. The molecule has 0 aromatic carbocycles. The first-order valence-electron chi connectivity index (χ1n) is 3.61. The summed E-state index contributed by atoms with van der Waals surface area (Å²) in [4.78, 5) is 11.1. The molecule has 0 fully saturated rings. The number of carbonyl (C=O) groups excluding carboxylic acids is 1. The Kier molecular flexibility index (Phi) is 1.21. The third-order valence-corrected chi connectivity index (χ3v) is 1.88. The second-order valence-corrected chi connectivity index (χ2v) is 2.72. The Hall–Kier alpha value is -1.32. The minimum absolute atomic E-state index is 0.0272. The monoisotopic (exact) mass is 151 g/mol. The Bertz CT molecular complexity index is 292. The minimum Gasteiger partial charge on any atom is -0.349 e. The highest BCUT2D eigenvalue weighted by Crippen LogP contribution is 2.11. The maximum Gasteiger partial charge on any atom is 0.269 e. The fourth-order valence-electron chi connectivity index (χ4n) is 1.26. The van der Waals surface area contributed by atoms with Crippen LogP contribution in [0.15, 0.2) is 12.3 Å². The average molecular weight is 151 g/mol. The van der Waals surface area contributed by atoms with Crippen molar-refractivity contribution in [3.05, 3.63) is 18.0 Å². The van der Waals surface area contributed by atoms with E-state index in [0.717, 1.165) is 0 Å². The zero-order chi connectivity index (χ0) is 7.84. The molecule has 0 aliphatic carbocycles. The summed E-state index contributed by atoms with van der Waals surface area (Å²) in [6, 6.07) is 2.00. The van der Waals surface area contributed by atoms with Gasteiger partial charge in [-0.15, -0.1) is 0 Å². The van der Waals surface area contributed by atoms with E-state index in [1.165, 1.54) is 0 Å². The number of hydrogen-bond acceptors (Lipinski definition) is 2. The van der Waals surface area contributed by atoms with Crippen molar-refractivity contribution < 1.29 is 4.79 Å². The van der Waals surface area contributed by atoms with Crippen LogP contribution in [0.4, 0.5) is 0 Å². The first-order valence-corrected chi connectivity index (χ1v) is 3.61. The first kappa shape index (κ1) is 6.39. The number of aromatic nitrogens is 2. The zero-order valence-electron chi connectivity index (χ0n) is 6.24. The van der Waals surface area contributed by atoms with Crippen LogP contribution in [0.25, 0.3) is 0 Å². The summed E-state index contributed by atoms with van der Waals surface area (Å²) in [5.41, 5.74) is 0.656. The van der Waals surface area contributed by atoms with Crippen LogP contribution in [-0.2, 0) is 0 Å². The van der Waals surface area contributed by atoms with E-state index < -0.39 is 0 Å². The predicted molar refractivity (Wildman–Crippen MR) is 39.3 cm³/mol. The second-order valence-electron chi connectivity index (χ2n) is 2.72. The van der Waals surface area contributed by atoms with Gasteiger partial charge in [0, 0.05) is 12.7 Å². The first-order chi connectivity index (χ1) is 5.29. The number of fused-ring (bicyclic) bond motifs is 1. The molecule has 1 aliphatic heterocycles. The van der Waals surface area contributed by atoms with Crippen molar-refractivity contribution >= 4 is 5.91 Å². The van der Waals surface area contributed by atoms with E-state index in [0.29, 0.717) is 12.2 Å². The Morgan fingerprint density at radius 1 is 1.82 bits per heavy atom. The van der Waals surface area contributed by atoms with E-state index in [4.69, 9.17) is 0 Å². The molecule has 4 heteroatoms. The van der Waals surface area contributed by atoms with Gasteiger partial charge in [-0.3, -0.25) is 9.48 Å². The summed E-state index contributed by atoms with van der Waals surface area (Å²) < 4.78 is 1.75. The van der Waals surface area contributed by atoms with Gasteiger partial charge in [-0.05, 0) is 13.0 Å². The van der Waals surface area contributed by atoms with E-state index in [1.54, 1.807) is 16.9 Å². The van der Waals surface area contributed by atoms with Gasteiger partial charge in [-0.1, -0.05) is 0 Å². The van der Waals surface area contributed by atoms with Crippen molar-refractivity contribution in [1.29, 1.82) is 0 Å². The van der Waals surface area contributed by atoms with Crippen LogP contribution < -0.4 is 5.32 Å². The van der Waals surface area contributed by atoms with Crippen LogP contribution in [0.2, 0.25) is 0 Å². The largest absolute Gasteiger partial charge is 0.349 e. The van der Waals surface area contributed by atoms with Gasteiger partial charge < -0.3 is 5.32 Å². The highest BCUT2D eigenvalue weighted by molar-refractivity contribution is 5.93. The molecule has 0 spiro atoms. The highest BCUT2D eigenvalue weighted by Gasteiger charge is 2.21. The number of rotatable bonds is 0. The average Bonchev–Trinajstić information content (AvgIpc) is 2.45. The van der Waals surface area contributed by atoms with E-state index in [1.807, 2.05) is 6.92 Å². The van der Waals surface area contributed by atoms with Gasteiger partial charge in [0.15, 0.2) is 0 Å². The van der Waals surface area contributed by atoms with Gasteiger partial charge in [-0.25, -0.2) is 0 Å². The lowest BCUT2D eigenvalue weighted by Crippen LogP contribution is -2.37. The third-order valence-electron chi connectivity index (χ3n) is 1.88. The Morgan fingerprint density at radius 2 is 2.64 bits per heavy atom. The molecule has 0 saturated heterocycles. The van der Waals surface area contributed by atoms with Gasteiger partial charge in [0.1, 0.15) is 5.69 Å². The van der Waals surface area contributed by atoms with Crippen LogP contribution in [0.3, 0.4) is 0 Å². The summed E-state index contributed by atoms with van der Waals surface area (Å²) in [5.74, 6) is -0.0272. The number of carbonyl (C=O) groups is 1. The molecule has 1 N–H and O–H groups in total. The molecule has 4 nitrogen and oxygen atoms in total. The van der Waals surface area contributed by atoms with Crippen molar-refractivity contribution in [2.24, 2.45) is 0 Å². The number of nitrogens with zero attached hydrogens (tertiary/aromatic N) is 2. The molecule has 0 saturated carbocycles. The molecule has 0 radical (unpaired) electrons. The topological polar surface area (TPSA) is 46.9 Å². The molecule has 1 atom stereocenters. The maximum atomic E-state index is 11.1. The highest BCUT2D eigenvalue weighted by atomic mass is 16.2. The molecule has 11 heavy (non-hydrogen) atoms. The minimum atomic E-state index is -0.0272. The van der Waals surface area contributed by atoms with Crippen molar-refractivity contribution in [2.75, 3.05) is 6.54 Å². The van der Waals surface area contributed by atoms with Crippen molar-refractivity contribution in [3.8, 4) is 0 Å². The smallest absolute Gasteiger partial charge is 0.269 e. The third kappa shape index (κ3) is 0.824. The molecule has 1 aliphatic rings. The zero-order valence-corrected chi connectivity index (χ0v) is 6.24. The molecule has 1 aromatic rings. The molecule has 58 valence electrons. The molecule has 0 bridgehead atoms. The molecule has 1 aromatic heterocycles. The van der Waals surface area contributed by atoms with Crippen LogP contribution >= 0.6 is 0 Å². The number of nitrogens with one attached hydrogen (secondary N) is 1. The van der Waals surface area contributed by atoms with E-state index in [-0.39, 0.29) is 11.9 Å². The number of amides is 1. The quantitative estimate of drug-likeness (QED) is 0.575. The Morgan fingerprint density at radius 3 is 3.36 bits per heavy atom. The lowest BCUT2D eigenvalue weighted by Gasteiger charge is -2.20. The van der Waals surface area contributed by atoms with Crippen LogP contribution in [-0.4, -0.2) is 22.2 Å². The lowest BCUT2D eigenvalue weighted by molar-refractivity contribution is 0.0912. The summed E-state index contributed by atoms with van der Waals surface area (Å²) >= 11 is 0. The van der Waals surface area contributed by atoms with Gasteiger partial charge in [0.2, 0.25) is 0 Å². The lowest BCUT2D eigenvalue weighted by atomic mass is 10.2. The second kappa shape index (κ2) is 2.08. The van der Waals surface area contributed by atoms with Gasteiger partial charge in [0.25, 0.3) is 5.91 Å². The van der Waals surface area contributed by atoms with Crippen LogP contribution in [0.5, 0.6) is 0 Å². The maximum absolute atomic E-state index is 11.1. The van der Waals surface area contributed by atoms with Gasteiger partial charge in [-0.2, -0.15) is 5.10 Å². The van der Waals surface area contributed by atoms with Crippen molar-refractivity contribution in [1.82, 2.24) is 15.1 Å². The van der Waals surface area contributed by atoms with E-state index in [9.17, 15) is 4.79 Å². The molecule has 0 unspecified atom stereocenters. The summed E-state index contributed by atoms with van der Waals surface area (Å²) in [6.07, 6.45) is 1.65. The summed E-state index contributed by atoms with van der Waals surface area (Å²) in [6.45, 7) is 2.70. The SMILES string of the molecule is C[C@H]1CNC(=O)c2ccnn21. The fourth-order valence-corrected chi connectivity index (χ4v) is 1.26. The normalized spacial score (nSPS) is 22.6. The standard InChI is InChI=1S/C7H9N3O/c1-5-4-8-7(11)6-2-3-9-10(5)6/h2-3,5H,4H2,1H3,(H,8,11)/t5-/m0/s1. The van der Waals surface area contributed by atoms with Gasteiger partial charge in [0.05, 0.1) is 6.04 Å². The van der Waals surface area contributed by atoms with Crippen LogP contribution in [0, 0.1) is 0 Å². The fraction of sp³-hybridized carbons (Fsp3) is 0.429. The van der Waals surface area contributed by atoms with Gasteiger partial charge >= 0.3 is 0 Å². The Labute approximate surface area is 64.2 Å².